The van der Waals surface area contributed by atoms with Gasteiger partial charge in [-0.15, -0.1) is 0 Å². The molecule has 0 radical (unpaired) electrons. The molecule has 0 N–H and O–H groups in total. The minimum atomic E-state index is 0.0978. The number of ether oxygens (including phenoxy) is 3. The Morgan fingerprint density at radius 3 is 2.82 bits per heavy atom. The molecule has 4 rings (SSSR count). The van der Waals surface area contributed by atoms with E-state index in [4.69, 9.17) is 14.2 Å². The molecule has 1 atom stereocenters. The van der Waals surface area contributed by atoms with Crippen molar-refractivity contribution in [2.75, 3.05) is 34.4 Å². The maximum absolute atomic E-state index is 13.0. The van der Waals surface area contributed by atoms with Crippen molar-refractivity contribution in [3.8, 4) is 17.2 Å². The Hall–Kier alpha value is -3.32. The largest absolute Gasteiger partial charge is 0.497 e. The minimum Gasteiger partial charge on any atom is -0.497 e. The lowest BCUT2D eigenvalue weighted by molar-refractivity contribution is -0.130. The first-order valence-electron chi connectivity index (χ1n) is 11.7. The van der Waals surface area contributed by atoms with Gasteiger partial charge in [-0.25, -0.2) is 0 Å². The van der Waals surface area contributed by atoms with Gasteiger partial charge in [0, 0.05) is 56.8 Å². The second-order valence-electron chi connectivity index (χ2n) is 8.68. The lowest BCUT2D eigenvalue weighted by atomic mass is 10.1. The van der Waals surface area contributed by atoms with Crippen molar-refractivity contribution < 1.29 is 19.0 Å². The van der Waals surface area contributed by atoms with Crippen LogP contribution in [0.5, 0.6) is 17.2 Å². The third-order valence-corrected chi connectivity index (χ3v) is 6.39. The van der Waals surface area contributed by atoms with E-state index in [9.17, 15) is 4.79 Å². The van der Waals surface area contributed by atoms with Gasteiger partial charge >= 0.3 is 0 Å². The molecule has 0 bridgehead atoms. The highest BCUT2D eigenvalue weighted by Crippen LogP contribution is 2.30. The van der Waals surface area contributed by atoms with Crippen LogP contribution in [0.25, 0.3) is 10.9 Å². The molecule has 0 spiro atoms. The van der Waals surface area contributed by atoms with Gasteiger partial charge in [-0.2, -0.15) is 0 Å². The van der Waals surface area contributed by atoms with Gasteiger partial charge in [0.15, 0.2) is 0 Å². The molecule has 2 heterocycles. The van der Waals surface area contributed by atoms with E-state index >= 15 is 0 Å². The SMILES string of the molecule is CCC1CN(CCC(=O)N(C)Cc2ccc(OC)c3ncccc23)Cc2cc(OC)ccc2O1. The molecule has 0 aliphatic carbocycles. The van der Waals surface area contributed by atoms with Crippen molar-refractivity contribution in [1.82, 2.24) is 14.8 Å². The zero-order valence-electron chi connectivity index (χ0n) is 20.4. The van der Waals surface area contributed by atoms with Crippen LogP contribution in [-0.2, 0) is 17.9 Å². The second-order valence-corrected chi connectivity index (χ2v) is 8.68. The van der Waals surface area contributed by atoms with Gasteiger partial charge in [0.05, 0.1) is 14.2 Å². The molecule has 1 amide bonds. The van der Waals surface area contributed by atoms with E-state index in [0.29, 0.717) is 19.5 Å². The number of nitrogens with zero attached hydrogens (tertiary/aromatic N) is 3. The number of rotatable bonds is 8. The van der Waals surface area contributed by atoms with Crippen LogP contribution in [0.4, 0.5) is 0 Å². The highest BCUT2D eigenvalue weighted by molar-refractivity contribution is 5.88. The van der Waals surface area contributed by atoms with Gasteiger partial charge in [-0.1, -0.05) is 19.1 Å². The summed E-state index contributed by atoms with van der Waals surface area (Å²) in [5.41, 5.74) is 2.95. The zero-order chi connectivity index (χ0) is 24.1. The first kappa shape index (κ1) is 23.8. The Bertz CT molecular complexity index is 1150. The van der Waals surface area contributed by atoms with Gasteiger partial charge in [-0.05, 0) is 42.3 Å². The Morgan fingerprint density at radius 2 is 2.06 bits per heavy atom. The van der Waals surface area contributed by atoms with E-state index in [0.717, 1.165) is 58.8 Å². The van der Waals surface area contributed by atoms with Crippen molar-refractivity contribution >= 4 is 16.8 Å². The van der Waals surface area contributed by atoms with Crippen LogP contribution in [0, 0.1) is 0 Å². The van der Waals surface area contributed by atoms with Crippen LogP contribution in [0.15, 0.2) is 48.7 Å². The predicted octanol–water partition coefficient (Wildman–Crippen LogP) is 4.27. The first-order chi connectivity index (χ1) is 16.5. The molecule has 2 aromatic carbocycles. The lowest BCUT2D eigenvalue weighted by Gasteiger charge is -2.24. The van der Waals surface area contributed by atoms with Crippen LogP contribution in [0.2, 0.25) is 0 Å². The van der Waals surface area contributed by atoms with Crippen molar-refractivity contribution in [3.05, 3.63) is 59.8 Å². The Morgan fingerprint density at radius 1 is 1.21 bits per heavy atom. The summed E-state index contributed by atoms with van der Waals surface area (Å²) >= 11 is 0. The summed E-state index contributed by atoms with van der Waals surface area (Å²) in [6, 6.07) is 13.8. The molecule has 34 heavy (non-hydrogen) atoms. The molecule has 1 unspecified atom stereocenters. The van der Waals surface area contributed by atoms with Crippen molar-refractivity contribution in [2.45, 2.75) is 39.0 Å². The summed E-state index contributed by atoms with van der Waals surface area (Å²) in [7, 11) is 5.17. The average Bonchev–Trinajstić information content (AvgIpc) is 3.05. The Balaban J connectivity index is 1.42. The zero-order valence-corrected chi connectivity index (χ0v) is 20.4. The number of methoxy groups -OCH3 is 2. The summed E-state index contributed by atoms with van der Waals surface area (Å²) < 4.78 is 17.1. The molecule has 1 aliphatic heterocycles. The number of hydrogen-bond donors (Lipinski definition) is 0. The highest BCUT2D eigenvalue weighted by Gasteiger charge is 2.23. The molecular formula is C27H33N3O4. The number of carbonyl (C=O) groups is 1. The molecule has 7 nitrogen and oxygen atoms in total. The maximum Gasteiger partial charge on any atom is 0.223 e. The molecule has 0 saturated carbocycles. The topological polar surface area (TPSA) is 64.1 Å². The number of fused-ring (bicyclic) bond motifs is 2. The summed E-state index contributed by atoms with van der Waals surface area (Å²) in [5, 5.41) is 1.00. The molecule has 180 valence electrons. The normalized spacial score (nSPS) is 15.8. The van der Waals surface area contributed by atoms with E-state index in [2.05, 4.69) is 16.8 Å². The molecule has 1 aliphatic rings. The number of carbonyl (C=O) groups excluding carboxylic acids is 1. The average molecular weight is 464 g/mol. The summed E-state index contributed by atoms with van der Waals surface area (Å²) in [5.74, 6) is 2.56. The molecule has 0 fully saturated rings. The maximum atomic E-state index is 13.0. The van der Waals surface area contributed by atoms with E-state index < -0.39 is 0 Å². The Labute approximate surface area is 201 Å². The van der Waals surface area contributed by atoms with Crippen molar-refractivity contribution in [1.29, 1.82) is 0 Å². The summed E-state index contributed by atoms with van der Waals surface area (Å²) in [6.07, 6.45) is 3.21. The molecule has 0 saturated heterocycles. The second kappa shape index (κ2) is 10.7. The van der Waals surface area contributed by atoms with Crippen LogP contribution < -0.4 is 14.2 Å². The van der Waals surface area contributed by atoms with E-state index in [-0.39, 0.29) is 12.0 Å². The standard InChI is InChI=1S/C27H33N3O4/c1-5-21-18-30(17-20-15-22(32-3)9-11-24(20)34-21)14-12-26(31)29(2)16-19-8-10-25(33-4)27-23(19)7-6-13-28-27/h6-11,13,15,21H,5,12,14,16-18H2,1-4H3. The van der Waals surface area contributed by atoms with Crippen molar-refractivity contribution in [3.63, 3.8) is 0 Å². The third kappa shape index (κ3) is 5.25. The number of benzene rings is 2. The summed E-state index contributed by atoms with van der Waals surface area (Å²) in [4.78, 5) is 21.6. The van der Waals surface area contributed by atoms with E-state index in [1.54, 1.807) is 25.3 Å². The number of amides is 1. The first-order valence-corrected chi connectivity index (χ1v) is 11.7. The smallest absolute Gasteiger partial charge is 0.223 e. The van der Waals surface area contributed by atoms with Crippen LogP contribution in [-0.4, -0.2) is 61.2 Å². The fourth-order valence-electron chi connectivity index (χ4n) is 4.41. The van der Waals surface area contributed by atoms with Gasteiger partial charge in [0.25, 0.3) is 0 Å². The Kier molecular flexibility index (Phi) is 7.53. The van der Waals surface area contributed by atoms with Gasteiger partial charge in [0.1, 0.15) is 28.9 Å². The monoisotopic (exact) mass is 463 g/mol. The quantitative estimate of drug-likeness (QED) is 0.497. The molecule has 1 aromatic heterocycles. The fraction of sp³-hybridized carbons (Fsp3) is 0.407. The van der Waals surface area contributed by atoms with Crippen LogP contribution in [0.3, 0.4) is 0 Å². The fourth-order valence-corrected chi connectivity index (χ4v) is 4.41. The lowest BCUT2D eigenvalue weighted by Crippen LogP contribution is -2.36. The van der Waals surface area contributed by atoms with E-state index in [1.165, 1.54) is 0 Å². The number of hydrogen-bond acceptors (Lipinski definition) is 6. The number of aromatic nitrogens is 1. The third-order valence-electron chi connectivity index (χ3n) is 6.39. The molecular weight excluding hydrogens is 430 g/mol. The molecule has 7 heteroatoms. The highest BCUT2D eigenvalue weighted by atomic mass is 16.5. The number of pyridine rings is 1. The van der Waals surface area contributed by atoms with Gasteiger partial charge < -0.3 is 19.1 Å². The van der Waals surface area contributed by atoms with E-state index in [1.807, 2.05) is 49.5 Å². The van der Waals surface area contributed by atoms with Gasteiger partial charge in [0.2, 0.25) is 5.91 Å². The predicted molar refractivity (Wildman–Crippen MR) is 132 cm³/mol. The summed E-state index contributed by atoms with van der Waals surface area (Å²) in [6.45, 7) is 4.84. The van der Waals surface area contributed by atoms with Crippen LogP contribution >= 0.6 is 0 Å². The van der Waals surface area contributed by atoms with Crippen LogP contribution in [0.1, 0.15) is 30.9 Å². The minimum absolute atomic E-state index is 0.0978. The van der Waals surface area contributed by atoms with Gasteiger partial charge in [-0.3, -0.25) is 14.7 Å². The molecule has 3 aromatic rings. The van der Waals surface area contributed by atoms with Crippen molar-refractivity contribution in [2.24, 2.45) is 0 Å².